The molecular weight excluding hydrogens is 250 g/mol. The zero-order chi connectivity index (χ0) is 14.1. The van der Waals surface area contributed by atoms with Crippen molar-refractivity contribution in [1.29, 1.82) is 0 Å². The van der Waals surface area contributed by atoms with Crippen molar-refractivity contribution in [2.24, 2.45) is 13.0 Å². The molecule has 0 bridgehead atoms. The molecule has 2 unspecified atom stereocenters. The van der Waals surface area contributed by atoms with E-state index in [-0.39, 0.29) is 0 Å². The average molecular weight is 271 g/mol. The van der Waals surface area contributed by atoms with Crippen molar-refractivity contribution in [2.45, 2.75) is 26.4 Å². The Balaban J connectivity index is 1.78. The largest absolute Gasteiger partial charge is 0.493 e. The Bertz CT molecular complexity index is 606. The molecule has 2 atom stereocenters. The molecule has 1 aromatic heterocycles. The Labute approximate surface area is 119 Å². The molecular formula is C16H21N3O. The van der Waals surface area contributed by atoms with Gasteiger partial charge < -0.3 is 10.1 Å². The quantitative estimate of drug-likeness (QED) is 0.932. The van der Waals surface area contributed by atoms with E-state index in [9.17, 15) is 0 Å². The summed E-state index contributed by atoms with van der Waals surface area (Å²) in [6.07, 6.45) is 2.08. The van der Waals surface area contributed by atoms with Gasteiger partial charge in [-0.3, -0.25) is 4.68 Å². The third-order valence-electron chi connectivity index (χ3n) is 3.95. The normalized spacial score (nSPS) is 21.4. The van der Waals surface area contributed by atoms with Crippen LogP contribution in [0.1, 0.15) is 29.8 Å². The number of rotatable bonds is 3. The summed E-state index contributed by atoms with van der Waals surface area (Å²) >= 11 is 0. The van der Waals surface area contributed by atoms with E-state index < -0.39 is 0 Å². The number of aromatic nitrogens is 2. The van der Waals surface area contributed by atoms with Gasteiger partial charge in [0.05, 0.1) is 12.3 Å². The molecule has 0 saturated heterocycles. The SMILES string of the molecule is Cc1nn(C)cc1CNC1c2ccccc2OCC1C. The lowest BCUT2D eigenvalue weighted by Crippen LogP contribution is -2.33. The second-order valence-electron chi connectivity index (χ2n) is 5.60. The fraction of sp³-hybridized carbons (Fsp3) is 0.438. The molecule has 0 radical (unpaired) electrons. The molecule has 4 nitrogen and oxygen atoms in total. The predicted octanol–water partition coefficient (Wildman–Crippen LogP) is 2.59. The molecule has 0 amide bonds. The summed E-state index contributed by atoms with van der Waals surface area (Å²) in [6, 6.07) is 8.63. The highest BCUT2D eigenvalue weighted by atomic mass is 16.5. The summed E-state index contributed by atoms with van der Waals surface area (Å²) in [7, 11) is 1.96. The molecule has 2 aromatic rings. The lowest BCUT2D eigenvalue weighted by Gasteiger charge is -2.32. The second-order valence-corrected chi connectivity index (χ2v) is 5.60. The first-order valence-corrected chi connectivity index (χ1v) is 7.09. The van der Waals surface area contributed by atoms with Crippen LogP contribution < -0.4 is 10.1 Å². The summed E-state index contributed by atoms with van der Waals surface area (Å²) in [5.41, 5.74) is 3.60. The van der Waals surface area contributed by atoms with Crippen molar-refractivity contribution < 1.29 is 4.74 Å². The number of para-hydroxylation sites is 1. The maximum Gasteiger partial charge on any atom is 0.124 e. The lowest BCUT2D eigenvalue weighted by atomic mass is 9.92. The van der Waals surface area contributed by atoms with E-state index in [1.165, 1.54) is 11.1 Å². The van der Waals surface area contributed by atoms with Gasteiger partial charge in [-0.25, -0.2) is 0 Å². The topological polar surface area (TPSA) is 39.1 Å². The third-order valence-corrected chi connectivity index (χ3v) is 3.95. The first kappa shape index (κ1) is 13.2. The van der Waals surface area contributed by atoms with Gasteiger partial charge in [0.2, 0.25) is 0 Å². The Morgan fingerprint density at radius 1 is 1.40 bits per heavy atom. The zero-order valence-electron chi connectivity index (χ0n) is 12.3. The van der Waals surface area contributed by atoms with Crippen LogP contribution in [0.3, 0.4) is 0 Å². The van der Waals surface area contributed by atoms with Gasteiger partial charge in [0, 0.05) is 42.9 Å². The summed E-state index contributed by atoms with van der Waals surface area (Å²) < 4.78 is 7.66. The molecule has 1 aliphatic rings. The van der Waals surface area contributed by atoms with Crippen molar-refractivity contribution in [3.8, 4) is 5.75 Å². The van der Waals surface area contributed by atoms with Gasteiger partial charge in [-0.05, 0) is 13.0 Å². The number of hydrogen-bond acceptors (Lipinski definition) is 3. The Kier molecular flexibility index (Phi) is 3.49. The van der Waals surface area contributed by atoms with Gasteiger partial charge in [0.1, 0.15) is 5.75 Å². The number of hydrogen-bond donors (Lipinski definition) is 1. The molecule has 0 fully saturated rings. The number of aryl methyl sites for hydroxylation is 2. The van der Waals surface area contributed by atoms with E-state index in [0.717, 1.165) is 24.6 Å². The second kappa shape index (κ2) is 5.29. The van der Waals surface area contributed by atoms with Gasteiger partial charge in [-0.1, -0.05) is 25.1 Å². The number of fused-ring (bicyclic) bond motifs is 1. The van der Waals surface area contributed by atoms with E-state index in [4.69, 9.17) is 4.74 Å². The molecule has 106 valence electrons. The highest BCUT2D eigenvalue weighted by Crippen LogP contribution is 2.35. The van der Waals surface area contributed by atoms with Crippen molar-refractivity contribution in [2.75, 3.05) is 6.61 Å². The Morgan fingerprint density at radius 3 is 2.95 bits per heavy atom. The monoisotopic (exact) mass is 271 g/mol. The minimum atomic E-state index is 0.333. The van der Waals surface area contributed by atoms with Crippen LogP contribution in [-0.2, 0) is 13.6 Å². The van der Waals surface area contributed by atoms with Crippen molar-refractivity contribution in [1.82, 2.24) is 15.1 Å². The smallest absolute Gasteiger partial charge is 0.124 e. The van der Waals surface area contributed by atoms with Gasteiger partial charge in [0.25, 0.3) is 0 Å². The fourth-order valence-electron chi connectivity index (χ4n) is 2.85. The van der Waals surface area contributed by atoms with Crippen LogP contribution in [-0.4, -0.2) is 16.4 Å². The van der Waals surface area contributed by atoms with Gasteiger partial charge in [-0.2, -0.15) is 5.10 Å². The van der Waals surface area contributed by atoms with E-state index in [1.807, 2.05) is 23.9 Å². The maximum absolute atomic E-state index is 5.79. The summed E-state index contributed by atoms with van der Waals surface area (Å²) in [5, 5.41) is 8.05. The third kappa shape index (κ3) is 2.43. The zero-order valence-corrected chi connectivity index (χ0v) is 12.3. The molecule has 0 aliphatic carbocycles. The lowest BCUT2D eigenvalue weighted by molar-refractivity contribution is 0.188. The fourth-order valence-corrected chi connectivity index (χ4v) is 2.85. The Morgan fingerprint density at radius 2 is 2.20 bits per heavy atom. The van der Waals surface area contributed by atoms with Gasteiger partial charge >= 0.3 is 0 Å². The maximum atomic E-state index is 5.79. The molecule has 0 saturated carbocycles. The molecule has 20 heavy (non-hydrogen) atoms. The van der Waals surface area contributed by atoms with Crippen LogP contribution in [0, 0.1) is 12.8 Å². The standard InChI is InChI=1S/C16H21N3O/c1-11-10-20-15-7-5-4-6-14(15)16(11)17-8-13-9-19(3)18-12(13)2/h4-7,9,11,16-17H,8,10H2,1-3H3. The first-order chi connectivity index (χ1) is 9.65. The minimum absolute atomic E-state index is 0.333. The Hall–Kier alpha value is -1.81. The van der Waals surface area contributed by atoms with Crippen molar-refractivity contribution in [3.63, 3.8) is 0 Å². The first-order valence-electron chi connectivity index (χ1n) is 7.09. The van der Waals surface area contributed by atoms with Crippen LogP contribution in [0.4, 0.5) is 0 Å². The van der Waals surface area contributed by atoms with Crippen molar-refractivity contribution >= 4 is 0 Å². The molecule has 1 aromatic carbocycles. The highest BCUT2D eigenvalue weighted by Gasteiger charge is 2.27. The van der Waals surface area contributed by atoms with Gasteiger partial charge in [0.15, 0.2) is 0 Å². The van der Waals surface area contributed by atoms with E-state index in [1.54, 1.807) is 0 Å². The molecule has 1 aliphatic heterocycles. The minimum Gasteiger partial charge on any atom is -0.493 e. The number of nitrogens with zero attached hydrogens (tertiary/aromatic N) is 2. The molecule has 0 spiro atoms. The predicted molar refractivity (Wildman–Crippen MR) is 78.6 cm³/mol. The van der Waals surface area contributed by atoms with Crippen LogP contribution >= 0.6 is 0 Å². The van der Waals surface area contributed by atoms with Crippen LogP contribution in [0.15, 0.2) is 30.5 Å². The molecule has 4 heteroatoms. The number of ether oxygens (including phenoxy) is 1. The van der Waals surface area contributed by atoms with Crippen LogP contribution in [0.5, 0.6) is 5.75 Å². The summed E-state index contributed by atoms with van der Waals surface area (Å²) in [4.78, 5) is 0. The molecule has 2 heterocycles. The van der Waals surface area contributed by atoms with E-state index in [0.29, 0.717) is 12.0 Å². The number of nitrogens with one attached hydrogen (secondary N) is 1. The summed E-state index contributed by atoms with van der Waals surface area (Å²) in [6.45, 7) is 5.88. The molecule has 1 N–H and O–H groups in total. The molecule has 3 rings (SSSR count). The highest BCUT2D eigenvalue weighted by molar-refractivity contribution is 5.38. The van der Waals surface area contributed by atoms with Gasteiger partial charge in [-0.15, -0.1) is 0 Å². The summed E-state index contributed by atoms with van der Waals surface area (Å²) in [5.74, 6) is 1.47. The van der Waals surface area contributed by atoms with E-state index >= 15 is 0 Å². The van der Waals surface area contributed by atoms with Crippen LogP contribution in [0.25, 0.3) is 0 Å². The van der Waals surface area contributed by atoms with Crippen LogP contribution in [0.2, 0.25) is 0 Å². The number of benzene rings is 1. The van der Waals surface area contributed by atoms with E-state index in [2.05, 4.69) is 42.6 Å². The van der Waals surface area contributed by atoms with Crippen molar-refractivity contribution in [3.05, 3.63) is 47.3 Å². The average Bonchev–Trinajstić information content (AvgIpc) is 2.76.